The van der Waals surface area contributed by atoms with Gasteiger partial charge in [-0.15, -0.1) is 10.2 Å². The lowest BCUT2D eigenvalue weighted by Gasteiger charge is -2.26. The van der Waals surface area contributed by atoms with E-state index in [1.807, 2.05) is 0 Å². The van der Waals surface area contributed by atoms with Crippen LogP contribution < -0.4 is 5.32 Å². The van der Waals surface area contributed by atoms with Gasteiger partial charge in [0.25, 0.3) is 0 Å². The largest absolute Gasteiger partial charge is 0.312 e. The molecule has 0 saturated heterocycles. The van der Waals surface area contributed by atoms with Gasteiger partial charge in [-0.25, -0.2) is 0 Å². The molecule has 1 saturated carbocycles. The minimum atomic E-state index is 0.422. The molecular weight excluding hydrogens is 236 g/mol. The highest BCUT2D eigenvalue weighted by Gasteiger charge is 2.27. The predicted molar refractivity (Wildman–Crippen MR) is 76.1 cm³/mol. The average molecular weight is 262 g/mol. The summed E-state index contributed by atoms with van der Waals surface area (Å²) in [6, 6.07) is 0.422. The molecule has 106 valence electrons. The summed E-state index contributed by atoms with van der Waals surface area (Å²) in [5, 5.41) is 12.7. The topological polar surface area (TPSA) is 42.7 Å². The molecule has 4 nitrogen and oxygen atoms in total. The zero-order valence-corrected chi connectivity index (χ0v) is 12.1. The lowest BCUT2D eigenvalue weighted by atomic mass is 9.99. The summed E-state index contributed by atoms with van der Waals surface area (Å²) in [6.45, 7) is 4.35. The molecule has 2 heterocycles. The fourth-order valence-electron chi connectivity index (χ4n) is 3.62. The minimum absolute atomic E-state index is 0.422. The van der Waals surface area contributed by atoms with Gasteiger partial charge in [-0.05, 0) is 19.3 Å². The first-order valence-electron chi connectivity index (χ1n) is 8.06. The van der Waals surface area contributed by atoms with Crippen LogP contribution in [-0.4, -0.2) is 21.3 Å². The van der Waals surface area contributed by atoms with E-state index in [4.69, 9.17) is 0 Å². The van der Waals surface area contributed by atoms with E-state index >= 15 is 0 Å². The zero-order valence-electron chi connectivity index (χ0n) is 12.1. The van der Waals surface area contributed by atoms with E-state index in [9.17, 15) is 0 Å². The molecule has 1 unspecified atom stereocenters. The van der Waals surface area contributed by atoms with Crippen molar-refractivity contribution >= 4 is 0 Å². The number of nitrogens with zero attached hydrogens (tertiary/aromatic N) is 3. The van der Waals surface area contributed by atoms with Crippen molar-refractivity contribution < 1.29 is 0 Å². The highest BCUT2D eigenvalue weighted by molar-refractivity contribution is 5.08. The van der Waals surface area contributed by atoms with Crippen LogP contribution in [0.4, 0.5) is 0 Å². The Labute approximate surface area is 116 Å². The molecule has 1 aromatic rings. The predicted octanol–water partition coefficient (Wildman–Crippen LogP) is 3.16. The summed E-state index contributed by atoms with van der Waals surface area (Å²) >= 11 is 0. The summed E-state index contributed by atoms with van der Waals surface area (Å²) in [4.78, 5) is 0. The normalized spacial score (nSPS) is 25.0. The lowest BCUT2D eigenvalue weighted by Crippen LogP contribution is -2.34. The second-order valence-electron chi connectivity index (χ2n) is 6.05. The average Bonchev–Trinajstić information content (AvgIpc) is 2.68. The third-order valence-corrected chi connectivity index (χ3v) is 4.64. The number of hydrogen-bond acceptors (Lipinski definition) is 3. The molecule has 1 atom stereocenters. The maximum absolute atomic E-state index is 4.57. The number of fused-ring (bicyclic) bond motifs is 1. The van der Waals surface area contributed by atoms with Crippen LogP contribution >= 0.6 is 0 Å². The molecule has 0 radical (unpaired) electrons. The minimum Gasteiger partial charge on any atom is -0.312 e. The monoisotopic (exact) mass is 262 g/mol. The summed E-state index contributed by atoms with van der Waals surface area (Å²) in [6.07, 6.45) is 10.5. The summed E-state index contributed by atoms with van der Waals surface area (Å²) in [5.74, 6) is 3.12. The number of rotatable bonds is 3. The quantitative estimate of drug-likeness (QED) is 0.851. The van der Waals surface area contributed by atoms with E-state index in [-0.39, 0.29) is 0 Å². The lowest BCUT2D eigenvalue weighted by molar-refractivity contribution is 0.380. The van der Waals surface area contributed by atoms with Gasteiger partial charge in [-0.2, -0.15) is 0 Å². The molecule has 1 aliphatic heterocycles. The Kier molecular flexibility index (Phi) is 4.16. The van der Waals surface area contributed by atoms with Crippen LogP contribution in [0.2, 0.25) is 0 Å². The molecule has 1 aliphatic carbocycles. The van der Waals surface area contributed by atoms with Crippen molar-refractivity contribution in [2.45, 2.75) is 76.8 Å². The molecule has 2 aliphatic rings. The van der Waals surface area contributed by atoms with Crippen molar-refractivity contribution in [1.82, 2.24) is 20.1 Å². The first-order chi connectivity index (χ1) is 9.40. The van der Waals surface area contributed by atoms with E-state index in [1.54, 1.807) is 0 Å². The van der Waals surface area contributed by atoms with Crippen LogP contribution in [0.5, 0.6) is 0 Å². The first kappa shape index (κ1) is 13.1. The van der Waals surface area contributed by atoms with Crippen molar-refractivity contribution in [2.24, 2.45) is 0 Å². The molecule has 0 spiro atoms. The second kappa shape index (κ2) is 6.04. The van der Waals surface area contributed by atoms with E-state index in [0.29, 0.717) is 12.0 Å². The van der Waals surface area contributed by atoms with Crippen LogP contribution in [0, 0.1) is 0 Å². The van der Waals surface area contributed by atoms with Crippen LogP contribution in [0.25, 0.3) is 0 Å². The molecule has 0 amide bonds. The van der Waals surface area contributed by atoms with Gasteiger partial charge < -0.3 is 9.88 Å². The van der Waals surface area contributed by atoms with Gasteiger partial charge in [0.05, 0.1) is 6.04 Å². The molecule has 1 N–H and O–H groups in total. The van der Waals surface area contributed by atoms with Crippen LogP contribution in [-0.2, 0) is 6.54 Å². The Bertz CT molecular complexity index is 404. The van der Waals surface area contributed by atoms with Crippen LogP contribution in [0.1, 0.15) is 81.9 Å². The molecule has 1 aromatic heterocycles. The van der Waals surface area contributed by atoms with Crippen LogP contribution in [0.15, 0.2) is 0 Å². The van der Waals surface area contributed by atoms with Gasteiger partial charge in [-0.1, -0.05) is 39.0 Å². The molecular formula is C15H26N4. The van der Waals surface area contributed by atoms with Crippen molar-refractivity contribution in [3.63, 3.8) is 0 Å². The Balaban J connectivity index is 1.83. The SMILES string of the molecule is CCCC1NCCn2c(C3CCCCCC3)nnc21. The van der Waals surface area contributed by atoms with Gasteiger partial charge in [-0.3, -0.25) is 0 Å². The van der Waals surface area contributed by atoms with Crippen molar-refractivity contribution in [2.75, 3.05) is 6.54 Å². The zero-order chi connectivity index (χ0) is 13.1. The molecule has 0 aromatic carbocycles. The van der Waals surface area contributed by atoms with Crippen molar-refractivity contribution in [3.05, 3.63) is 11.6 Å². The molecule has 4 heteroatoms. The fourth-order valence-corrected chi connectivity index (χ4v) is 3.62. The summed E-state index contributed by atoms with van der Waals surface area (Å²) in [5.41, 5.74) is 0. The van der Waals surface area contributed by atoms with Crippen molar-refractivity contribution in [1.29, 1.82) is 0 Å². The Hall–Kier alpha value is -0.900. The smallest absolute Gasteiger partial charge is 0.150 e. The molecule has 19 heavy (non-hydrogen) atoms. The van der Waals surface area contributed by atoms with Gasteiger partial charge in [0, 0.05) is 19.0 Å². The van der Waals surface area contributed by atoms with E-state index in [2.05, 4.69) is 27.0 Å². The van der Waals surface area contributed by atoms with E-state index in [1.165, 1.54) is 63.0 Å². The highest BCUT2D eigenvalue weighted by Crippen LogP contribution is 2.32. The van der Waals surface area contributed by atoms with Crippen LogP contribution in [0.3, 0.4) is 0 Å². The van der Waals surface area contributed by atoms with Gasteiger partial charge in [0.2, 0.25) is 0 Å². The second-order valence-corrected chi connectivity index (χ2v) is 6.05. The third-order valence-electron chi connectivity index (χ3n) is 4.64. The molecule has 3 rings (SSSR count). The van der Waals surface area contributed by atoms with E-state index in [0.717, 1.165) is 13.1 Å². The number of nitrogens with one attached hydrogen (secondary N) is 1. The van der Waals surface area contributed by atoms with Gasteiger partial charge in [0.1, 0.15) is 11.6 Å². The van der Waals surface area contributed by atoms with Gasteiger partial charge in [0.15, 0.2) is 0 Å². The maximum Gasteiger partial charge on any atom is 0.150 e. The number of hydrogen-bond donors (Lipinski definition) is 1. The van der Waals surface area contributed by atoms with Crippen molar-refractivity contribution in [3.8, 4) is 0 Å². The first-order valence-corrected chi connectivity index (χ1v) is 8.06. The Morgan fingerprint density at radius 2 is 1.84 bits per heavy atom. The third kappa shape index (κ3) is 2.69. The summed E-state index contributed by atoms with van der Waals surface area (Å²) < 4.78 is 2.42. The fraction of sp³-hybridized carbons (Fsp3) is 0.867. The number of aromatic nitrogens is 3. The van der Waals surface area contributed by atoms with Gasteiger partial charge >= 0.3 is 0 Å². The Morgan fingerprint density at radius 3 is 2.58 bits per heavy atom. The standard InChI is InChI=1S/C15H26N4/c1-2-7-13-15-18-17-14(19(15)11-10-16-13)12-8-5-3-4-6-9-12/h12-13,16H,2-11H2,1H3. The summed E-state index contributed by atoms with van der Waals surface area (Å²) in [7, 11) is 0. The highest BCUT2D eigenvalue weighted by atomic mass is 15.3. The maximum atomic E-state index is 4.57. The molecule has 1 fully saturated rings. The van der Waals surface area contributed by atoms with E-state index < -0.39 is 0 Å². The Morgan fingerprint density at radius 1 is 1.11 bits per heavy atom. The molecule has 0 bridgehead atoms.